The maximum atomic E-state index is 13.6. The van der Waals surface area contributed by atoms with Crippen LogP contribution in [0.15, 0.2) is 48.7 Å². The van der Waals surface area contributed by atoms with Gasteiger partial charge in [-0.3, -0.25) is 10.2 Å². The van der Waals surface area contributed by atoms with Crippen LogP contribution in [0, 0.1) is 0 Å². The van der Waals surface area contributed by atoms with Gasteiger partial charge in [-0.1, -0.05) is 19.1 Å². The lowest BCUT2D eigenvalue weighted by atomic mass is 10.1. The molecule has 0 unspecified atom stereocenters. The lowest BCUT2D eigenvalue weighted by Gasteiger charge is -2.15. The highest BCUT2D eigenvalue weighted by Gasteiger charge is 2.35. The summed E-state index contributed by atoms with van der Waals surface area (Å²) in [4.78, 5) is 19.9. The number of carbonyl (C=O) groups excluding carboxylic acids is 1. The molecule has 0 aliphatic rings. The van der Waals surface area contributed by atoms with Crippen molar-refractivity contribution in [2.45, 2.75) is 25.9 Å². The summed E-state index contributed by atoms with van der Waals surface area (Å²) in [6.07, 6.45) is -1.64. The van der Waals surface area contributed by atoms with Crippen LogP contribution in [0.5, 0.6) is 0 Å². The van der Waals surface area contributed by atoms with E-state index in [2.05, 4.69) is 20.6 Å². The van der Waals surface area contributed by atoms with E-state index < -0.39 is 17.6 Å². The Bertz CT molecular complexity index is 1150. The number of hydrogen-bond donors (Lipinski definition) is 4. The summed E-state index contributed by atoms with van der Waals surface area (Å²) >= 11 is 0. The van der Waals surface area contributed by atoms with Gasteiger partial charge >= 0.3 is 6.18 Å². The maximum absolute atomic E-state index is 13.6. The Morgan fingerprint density at radius 2 is 1.97 bits per heavy atom. The standard InChI is InChI=1S/C22H21F3N6O/c1-2-4-19(32)29-15-6-3-5-13(9-15)20-28-12-17(22(23,24)25)21(31-20)30-16-7-8-18(27)14(10-16)11-26/h3,5-12,26H,2,4,27H2,1H3,(H,29,32)(H,28,30,31)/p+1. The Balaban J connectivity index is 1.99. The Labute approximate surface area is 182 Å². The lowest BCUT2D eigenvalue weighted by molar-refractivity contribution is -0.137. The minimum Gasteiger partial charge on any atom is -0.398 e. The number of nitrogens with one attached hydrogen (secondary N) is 2. The van der Waals surface area contributed by atoms with Gasteiger partial charge in [-0.05, 0) is 36.8 Å². The van der Waals surface area contributed by atoms with E-state index in [9.17, 15) is 18.0 Å². The maximum Gasteiger partial charge on any atom is 0.421 e. The molecule has 0 saturated carbocycles. The average molecular weight is 443 g/mol. The van der Waals surface area contributed by atoms with Crippen LogP contribution >= 0.6 is 0 Å². The van der Waals surface area contributed by atoms with E-state index in [1.54, 1.807) is 24.3 Å². The van der Waals surface area contributed by atoms with Crippen LogP contribution in [0.25, 0.3) is 11.4 Å². The lowest BCUT2D eigenvalue weighted by Crippen LogP contribution is -2.30. The number of halogens is 3. The molecule has 0 aliphatic heterocycles. The second kappa shape index (κ2) is 9.46. The molecule has 0 fully saturated rings. The van der Waals surface area contributed by atoms with Crippen LogP contribution in [0.4, 0.5) is 36.1 Å². The quantitative estimate of drug-likeness (QED) is 0.330. The van der Waals surface area contributed by atoms with Crippen LogP contribution in [0.2, 0.25) is 0 Å². The van der Waals surface area contributed by atoms with Crippen molar-refractivity contribution in [2.24, 2.45) is 0 Å². The summed E-state index contributed by atoms with van der Waals surface area (Å²) in [6, 6.07) is 11.2. The molecule has 0 aliphatic carbocycles. The fraction of sp³-hybridized carbons (Fsp3) is 0.182. The zero-order valence-corrected chi connectivity index (χ0v) is 17.2. The number of amides is 1. The average Bonchev–Trinajstić information content (AvgIpc) is 2.74. The fourth-order valence-corrected chi connectivity index (χ4v) is 2.94. The van der Waals surface area contributed by atoms with Gasteiger partial charge in [0.05, 0.1) is 5.56 Å². The van der Waals surface area contributed by atoms with Gasteiger partial charge in [0.15, 0.2) is 12.0 Å². The van der Waals surface area contributed by atoms with Crippen molar-refractivity contribution < 1.29 is 23.4 Å². The second-order valence-electron chi connectivity index (χ2n) is 6.97. The monoisotopic (exact) mass is 443 g/mol. The molecule has 0 saturated heterocycles. The number of hydrogen-bond acceptors (Lipinski definition) is 5. The highest BCUT2D eigenvalue weighted by atomic mass is 19.4. The van der Waals surface area contributed by atoms with Crippen LogP contribution in [0.3, 0.4) is 0 Å². The van der Waals surface area contributed by atoms with Gasteiger partial charge in [-0.25, -0.2) is 9.97 Å². The third kappa shape index (κ3) is 5.39. The molecule has 32 heavy (non-hydrogen) atoms. The summed E-state index contributed by atoms with van der Waals surface area (Å²) in [5.41, 5.74) is 6.89. The summed E-state index contributed by atoms with van der Waals surface area (Å²) in [7, 11) is 0. The van der Waals surface area contributed by atoms with Crippen molar-refractivity contribution in [3.8, 4) is 11.4 Å². The van der Waals surface area contributed by atoms with E-state index in [0.29, 0.717) is 41.0 Å². The molecule has 10 heteroatoms. The van der Waals surface area contributed by atoms with Crippen molar-refractivity contribution in [3.63, 3.8) is 0 Å². The van der Waals surface area contributed by atoms with Crippen LogP contribution < -0.4 is 21.8 Å². The van der Waals surface area contributed by atoms with Gasteiger partial charge in [0, 0.05) is 35.2 Å². The molecule has 0 radical (unpaired) electrons. The summed E-state index contributed by atoms with van der Waals surface area (Å²) in [6.45, 7) is 1.89. The van der Waals surface area contributed by atoms with E-state index in [1.807, 2.05) is 6.92 Å². The van der Waals surface area contributed by atoms with E-state index in [0.717, 1.165) is 6.20 Å². The fourth-order valence-electron chi connectivity index (χ4n) is 2.94. The molecule has 0 atom stereocenters. The predicted octanol–water partition coefficient (Wildman–Crippen LogP) is 3.40. The van der Waals surface area contributed by atoms with Gasteiger partial charge in [-0.15, -0.1) is 0 Å². The predicted molar refractivity (Wildman–Crippen MR) is 117 cm³/mol. The zero-order valence-electron chi connectivity index (χ0n) is 17.2. The number of nitrogen functional groups attached to an aromatic ring is 1. The van der Waals surface area contributed by atoms with Crippen LogP contribution in [-0.4, -0.2) is 22.1 Å². The molecular weight excluding hydrogens is 421 g/mol. The van der Waals surface area contributed by atoms with Crippen molar-refractivity contribution in [1.82, 2.24) is 9.97 Å². The molecule has 0 bridgehead atoms. The highest BCUT2D eigenvalue weighted by molar-refractivity contribution is 5.91. The first kappa shape index (κ1) is 22.7. The molecule has 0 spiro atoms. The molecule has 1 aromatic heterocycles. The van der Waals surface area contributed by atoms with E-state index in [-0.39, 0.29) is 11.7 Å². The highest BCUT2D eigenvalue weighted by Crippen LogP contribution is 2.36. The number of nitrogens with two attached hydrogens (primary N) is 2. The molecule has 3 rings (SSSR count). The topological polar surface area (TPSA) is 119 Å². The number of carbonyl (C=O) groups is 1. The van der Waals surface area contributed by atoms with Gasteiger partial charge in [0.2, 0.25) is 5.91 Å². The minimum absolute atomic E-state index is 0.0631. The first-order valence-corrected chi connectivity index (χ1v) is 9.77. The SMILES string of the molecule is CCCC(=O)Nc1cccc(-c2ncc(C(F)(F)F)c(Nc3ccc(N)c(C=[NH2+])c3)n2)c1. The zero-order chi connectivity index (χ0) is 23.3. The molecular formula is C22H22F3N6O+. The first-order valence-electron chi connectivity index (χ1n) is 9.77. The minimum atomic E-state index is -4.67. The first-order chi connectivity index (χ1) is 15.2. The Hall–Kier alpha value is -3.95. The summed E-state index contributed by atoms with van der Waals surface area (Å²) < 4.78 is 40.7. The number of nitrogens with zero attached hydrogens (tertiary/aromatic N) is 2. The molecule has 7 nitrogen and oxygen atoms in total. The van der Waals surface area contributed by atoms with Gasteiger partial charge in [0.25, 0.3) is 0 Å². The van der Waals surface area contributed by atoms with Gasteiger partial charge in [-0.2, -0.15) is 13.2 Å². The van der Waals surface area contributed by atoms with Crippen molar-refractivity contribution in [2.75, 3.05) is 16.4 Å². The van der Waals surface area contributed by atoms with Crippen LogP contribution in [-0.2, 0) is 11.0 Å². The Kier molecular flexibility index (Phi) is 6.72. The number of alkyl halides is 3. The number of benzene rings is 2. The molecule has 3 aromatic rings. The van der Waals surface area contributed by atoms with E-state index >= 15 is 0 Å². The van der Waals surface area contributed by atoms with Gasteiger partial charge < -0.3 is 16.4 Å². The van der Waals surface area contributed by atoms with E-state index in [4.69, 9.17) is 11.1 Å². The normalized spacial score (nSPS) is 11.1. The molecule has 1 amide bonds. The van der Waals surface area contributed by atoms with E-state index in [1.165, 1.54) is 24.4 Å². The number of rotatable bonds is 7. The number of anilines is 4. The molecule has 6 N–H and O–H groups in total. The molecule has 166 valence electrons. The van der Waals surface area contributed by atoms with Crippen molar-refractivity contribution >= 4 is 35.0 Å². The molecule has 1 heterocycles. The largest absolute Gasteiger partial charge is 0.421 e. The van der Waals surface area contributed by atoms with Crippen molar-refractivity contribution in [1.29, 1.82) is 0 Å². The smallest absolute Gasteiger partial charge is 0.398 e. The Morgan fingerprint density at radius 3 is 2.66 bits per heavy atom. The Morgan fingerprint density at radius 1 is 1.19 bits per heavy atom. The summed E-state index contributed by atoms with van der Waals surface area (Å²) in [5.74, 6) is -0.514. The van der Waals surface area contributed by atoms with Crippen LogP contribution in [0.1, 0.15) is 30.9 Å². The number of aromatic nitrogens is 2. The summed E-state index contributed by atoms with van der Waals surface area (Å²) in [5, 5.41) is 10.9. The molecule has 2 aromatic carbocycles. The third-order valence-corrected chi connectivity index (χ3v) is 4.50. The third-order valence-electron chi connectivity index (χ3n) is 4.50. The van der Waals surface area contributed by atoms with Crippen molar-refractivity contribution in [3.05, 3.63) is 59.8 Å². The second-order valence-corrected chi connectivity index (χ2v) is 6.97. The van der Waals surface area contributed by atoms with Gasteiger partial charge in [0.1, 0.15) is 11.4 Å².